The van der Waals surface area contributed by atoms with Crippen LogP contribution in [-0.2, 0) is 15.3 Å². The molecule has 2 aromatic heterocycles. The lowest BCUT2D eigenvalue weighted by Crippen LogP contribution is -2.29. The van der Waals surface area contributed by atoms with E-state index in [-0.39, 0.29) is 22.3 Å². The summed E-state index contributed by atoms with van der Waals surface area (Å²) in [5, 5.41) is 19.9. The summed E-state index contributed by atoms with van der Waals surface area (Å²) < 4.78 is 19.5. The Morgan fingerprint density at radius 3 is 2.58 bits per heavy atom. The molecule has 4 aromatic rings. The number of amides is 1. The van der Waals surface area contributed by atoms with Gasteiger partial charge in [-0.1, -0.05) is 54.6 Å². The fraction of sp³-hybridized carbons (Fsp3) is 0.207. The molecule has 1 aliphatic rings. The third-order valence-corrected chi connectivity index (χ3v) is 8.34. The van der Waals surface area contributed by atoms with Crippen molar-refractivity contribution < 1.29 is 23.8 Å². The normalized spacial score (nSPS) is 16.4. The molecule has 1 saturated heterocycles. The molecular formula is C29H25FN4O4S2. The van der Waals surface area contributed by atoms with Gasteiger partial charge < -0.3 is 9.84 Å². The Balaban J connectivity index is 1.46. The molecule has 1 N–H and O–H groups in total. The highest BCUT2D eigenvalue weighted by atomic mass is 32.2. The molecule has 1 aliphatic heterocycles. The van der Waals surface area contributed by atoms with Gasteiger partial charge in [0.2, 0.25) is 5.13 Å². The Morgan fingerprint density at radius 1 is 1.10 bits per heavy atom. The van der Waals surface area contributed by atoms with Crippen LogP contribution in [0.2, 0.25) is 0 Å². The van der Waals surface area contributed by atoms with Crippen LogP contribution in [0.15, 0.2) is 83.0 Å². The first-order valence-corrected chi connectivity index (χ1v) is 14.4. The van der Waals surface area contributed by atoms with Crippen LogP contribution in [0.4, 0.5) is 9.52 Å². The number of rotatable bonds is 10. The van der Waals surface area contributed by atoms with Crippen LogP contribution in [0.1, 0.15) is 42.5 Å². The van der Waals surface area contributed by atoms with Crippen molar-refractivity contribution in [1.29, 1.82) is 0 Å². The van der Waals surface area contributed by atoms with Crippen LogP contribution in [0.25, 0.3) is 5.76 Å². The minimum absolute atomic E-state index is 0.0617. The van der Waals surface area contributed by atoms with Crippen molar-refractivity contribution in [3.8, 4) is 5.75 Å². The first-order chi connectivity index (χ1) is 19.5. The molecule has 11 heteroatoms. The Hall–Kier alpha value is -4.09. The number of unbranched alkanes of at least 4 members (excludes halogenated alkanes) is 1. The molecule has 2 aromatic carbocycles. The van der Waals surface area contributed by atoms with E-state index in [1.54, 1.807) is 60.9 Å². The highest BCUT2D eigenvalue weighted by molar-refractivity contribution is 8.00. The zero-order valence-corrected chi connectivity index (χ0v) is 23.1. The van der Waals surface area contributed by atoms with Crippen molar-refractivity contribution in [1.82, 2.24) is 15.2 Å². The molecule has 0 saturated carbocycles. The zero-order chi connectivity index (χ0) is 28.1. The summed E-state index contributed by atoms with van der Waals surface area (Å²) in [5.74, 6) is -1.09. The van der Waals surface area contributed by atoms with Gasteiger partial charge in [0.15, 0.2) is 4.34 Å². The molecule has 1 amide bonds. The lowest BCUT2D eigenvalue weighted by Gasteiger charge is -2.22. The minimum Gasteiger partial charge on any atom is -0.507 e. The highest BCUT2D eigenvalue weighted by Crippen LogP contribution is 2.44. The second-order valence-corrected chi connectivity index (χ2v) is 11.1. The van der Waals surface area contributed by atoms with Crippen molar-refractivity contribution in [3.63, 3.8) is 0 Å². The Bertz CT molecular complexity index is 1530. The number of carbonyl (C=O) groups excluding carboxylic acids is 2. The number of pyridine rings is 1. The summed E-state index contributed by atoms with van der Waals surface area (Å²) in [5.41, 5.74) is 1.76. The Labute approximate surface area is 238 Å². The van der Waals surface area contributed by atoms with Crippen LogP contribution in [-0.4, -0.2) is 38.6 Å². The molecular weight excluding hydrogens is 551 g/mol. The van der Waals surface area contributed by atoms with Gasteiger partial charge in [0.25, 0.3) is 5.78 Å². The number of carbonyl (C=O) groups is 2. The van der Waals surface area contributed by atoms with E-state index in [1.165, 1.54) is 28.8 Å². The summed E-state index contributed by atoms with van der Waals surface area (Å²) in [6.07, 6.45) is 5.07. The highest BCUT2D eigenvalue weighted by Gasteiger charge is 2.48. The molecule has 1 unspecified atom stereocenters. The fourth-order valence-corrected chi connectivity index (χ4v) is 5.99. The molecule has 5 rings (SSSR count). The smallest absolute Gasteiger partial charge is 0.301 e. The molecule has 0 radical (unpaired) electrons. The number of anilines is 1. The monoisotopic (exact) mass is 576 g/mol. The largest absolute Gasteiger partial charge is 0.507 e. The van der Waals surface area contributed by atoms with Crippen LogP contribution in [0.5, 0.6) is 5.75 Å². The van der Waals surface area contributed by atoms with E-state index >= 15 is 0 Å². The first-order valence-electron chi connectivity index (χ1n) is 12.6. The average Bonchev–Trinajstić information content (AvgIpc) is 3.55. The van der Waals surface area contributed by atoms with Crippen LogP contribution >= 0.6 is 23.1 Å². The van der Waals surface area contributed by atoms with E-state index in [0.29, 0.717) is 33.6 Å². The molecule has 3 heterocycles. The van der Waals surface area contributed by atoms with Gasteiger partial charge in [0, 0.05) is 23.7 Å². The average molecular weight is 577 g/mol. The third-order valence-electron chi connectivity index (χ3n) is 6.22. The molecule has 1 fully saturated rings. The molecule has 0 bridgehead atoms. The fourth-order valence-electron chi connectivity index (χ4n) is 4.17. The summed E-state index contributed by atoms with van der Waals surface area (Å²) in [6.45, 7) is 2.66. The number of thioether (sulfide) groups is 1. The number of ketones is 1. The number of aliphatic hydroxyl groups is 1. The number of Topliss-reactive ketones (excluding diaryl/α,β-unsaturated/α-hetero) is 1. The van der Waals surface area contributed by atoms with Crippen LogP contribution in [0.3, 0.4) is 0 Å². The summed E-state index contributed by atoms with van der Waals surface area (Å²) in [7, 11) is 0. The molecule has 0 aliphatic carbocycles. The van der Waals surface area contributed by atoms with E-state index in [9.17, 15) is 19.1 Å². The molecule has 1 atom stereocenters. The maximum absolute atomic E-state index is 13.3. The summed E-state index contributed by atoms with van der Waals surface area (Å²) in [6, 6.07) is 15.4. The molecule has 0 spiro atoms. The zero-order valence-electron chi connectivity index (χ0n) is 21.5. The predicted molar refractivity (Wildman–Crippen MR) is 152 cm³/mol. The van der Waals surface area contributed by atoms with E-state index in [2.05, 4.69) is 22.1 Å². The van der Waals surface area contributed by atoms with Gasteiger partial charge in [-0.05, 0) is 60.0 Å². The summed E-state index contributed by atoms with van der Waals surface area (Å²) in [4.78, 5) is 32.1. The number of nitrogens with zero attached hydrogens (tertiary/aromatic N) is 4. The molecule has 40 heavy (non-hydrogen) atoms. The number of benzene rings is 2. The lowest BCUT2D eigenvalue weighted by molar-refractivity contribution is -0.132. The first kappa shape index (κ1) is 27.5. The number of halogens is 1. The predicted octanol–water partition coefficient (Wildman–Crippen LogP) is 6.17. The van der Waals surface area contributed by atoms with Crippen molar-refractivity contribution in [2.75, 3.05) is 11.5 Å². The second-order valence-electron chi connectivity index (χ2n) is 8.95. The third kappa shape index (κ3) is 5.90. The summed E-state index contributed by atoms with van der Waals surface area (Å²) >= 11 is 2.54. The quantitative estimate of drug-likeness (QED) is 0.0597. The van der Waals surface area contributed by atoms with Gasteiger partial charge in [-0.3, -0.25) is 19.5 Å². The molecule has 204 valence electrons. The number of hydrogen-bond donors (Lipinski definition) is 1. The van der Waals surface area contributed by atoms with Gasteiger partial charge in [-0.2, -0.15) is 0 Å². The minimum atomic E-state index is -0.947. The van der Waals surface area contributed by atoms with E-state index in [4.69, 9.17) is 4.74 Å². The molecule has 8 nitrogen and oxygen atoms in total. The number of aromatic nitrogens is 3. The number of aliphatic hydroxyl groups excluding tert-OH is 1. The Kier molecular flexibility index (Phi) is 8.51. The van der Waals surface area contributed by atoms with Gasteiger partial charge in [-0.25, -0.2) is 4.39 Å². The van der Waals surface area contributed by atoms with E-state index < -0.39 is 17.7 Å². The van der Waals surface area contributed by atoms with Gasteiger partial charge in [0.05, 0.1) is 18.2 Å². The Morgan fingerprint density at radius 2 is 1.88 bits per heavy atom. The van der Waals surface area contributed by atoms with E-state index in [1.807, 2.05) is 0 Å². The van der Waals surface area contributed by atoms with Crippen molar-refractivity contribution >= 4 is 45.7 Å². The van der Waals surface area contributed by atoms with Crippen LogP contribution in [0, 0.1) is 5.82 Å². The van der Waals surface area contributed by atoms with Crippen molar-refractivity contribution in [2.45, 2.75) is 35.9 Å². The maximum Gasteiger partial charge on any atom is 0.301 e. The van der Waals surface area contributed by atoms with Crippen LogP contribution < -0.4 is 9.64 Å². The lowest BCUT2D eigenvalue weighted by atomic mass is 9.96. The van der Waals surface area contributed by atoms with Crippen molar-refractivity contribution in [2.24, 2.45) is 0 Å². The second kappa shape index (κ2) is 12.4. The topological polar surface area (TPSA) is 106 Å². The number of hydrogen-bond acceptors (Lipinski definition) is 9. The van der Waals surface area contributed by atoms with Gasteiger partial charge in [-0.15, -0.1) is 10.2 Å². The van der Waals surface area contributed by atoms with E-state index in [0.717, 1.165) is 29.7 Å². The van der Waals surface area contributed by atoms with Gasteiger partial charge in [0.1, 0.15) is 17.3 Å². The maximum atomic E-state index is 13.3. The van der Waals surface area contributed by atoms with Crippen molar-refractivity contribution in [3.05, 3.63) is 101 Å². The number of ether oxygens (including phenoxy) is 1. The standard InChI is InChI=1S/C29H25FN4O4S2/c1-2-3-15-38-22-12-8-19(9-13-22)25(35)23-24(20-5-4-14-31-16-20)34(27(37)26(23)36)28-32-33-29(40-28)39-17-18-6-10-21(30)11-7-18/h4-14,16,24,35H,2-3,15,17H2,1H3/b25-23+. The SMILES string of the molecule is CCCCOc1ccc(/C(O)=C2\C(=O)C(=O)N(c3nnc(SCc4ccc(F)cc4)s3)C2c2cccnc2)cc1. The van der Waals surface area contributed by atoms with Gasteiger partial charge >= 0.3 is 5.91 Å².